The minimum atomic E-state index is -3.46. The summed E-state index contributed by atoms with van der Waals surface area (Å²) in [6.45, 7) is 3.52. The Morgan fingerprint density at radius 2 is 2.35 bits per heavy atom. The molecule has 0 spiro atoms. The van der Waals surface area contributed by atoms with Gasteiger partial charge in [0.2, 0.25) is 0 Å². The van der Waals surface area contributed by atoms with Crippen molar-refractivity contribution in [1.82, 2.24) is 19.6 Å². The summed E-state index contributed by atoms with van der Waals surface area (Å²) < 4.78 is 26.8. The zero-order valence-electron chi connectivity index (χ0n) is 10.1. The van der Waals surface area contributed by atoms with Gasteiger partial charge in [-0.25, -0.2) is 18.1 Å². The van der Waals surface area contributed by atoms with Crippen LogP contribution >= 0.6 is 0 Å². The number of imidazole rings is 1. The summed E-state index contributed by atoms with van der Waals surface area (Å²) in [5, 5.41) is 0.142. The van der Waals surface area contributed by atoms with E-state index in [1.54, 1.807) is 6.92 Å². The highest BCUT2D eigenvalue weighted by Crippen LogP contribution is 2.12. The number of aromatic amines is 1. The third-order valence-electron chi connectivity index (χ3n) is 2.92. The molecule has 7 heteroatoms. The van der Waals surface area contributed by atoms with Crippen LogP contribution in [0.2, 0.25) is 0 Å². The zero-order chi connectivity index (χ0) is 12.5. The molecule has 1 aliphatic heterocycles. The molecule has 0 saturated carbocycles. The third kappa shape index (κ3) is 3.05. The minimum Gasteiger partial charge on any atom is -0.332 e. The standard InChI is InChI=1S/C10H18N4O2S/c1-8-11-6-10(12-8)17(15,16)13-9-4-3-5-14(2)7-9/h6,9,13H,3-5,7H2,1-2H3,(H,11,12). The second-order valence-electron chi connectivity index (χ2n) is 4.56. The highest BCUT2D eigenvalue weighted by molar-refractivity contribution is 7.89. The summed E-state index contributed by atoms with van der Waals surface area (Å²) in [5.74, 6) is 0.603. The van der Waals surface area contributed by atoms with Crippen molar-refractivity contribution in [2.75, 3.05) is 20.1 Å². The number of rotatable bonds is 3. The van der Waals surface area contributed by atoms with Crippen molar-refractivity contribution in [2.24, 2.45) is 0 Å². The van der Waals surface area contributed by atoms with Crippen molar-refractivity contribution in [1.29, 1.82) is 0 Å². The van der Waals surface area contributed by atoms with Crippen molar-refractivity contribution < 1.29 is 8.42 Å². The largest absolute Gasteiger partial charge is 0.332 e. The topological polar surface area (TPSA) is 78.1 Å². The monoisotopic (exact) mass is 258 g/mol. The molecule has 1 unspecified atom stereocenters. The normalized spacial score (nSPS) is 22.8. The Morgan fingerprint density at radius 3 is 2.94 bits per heavy atom. The Balaban J connectivity index is 2.07. The van der Waals surface area contributed by atoms with Crippen LogP contribution in [0.4, 0.5) is 0 Å². The molecule has 0 amide bonds. The van der Waals surface area contributed by atoms with Gasteiger partial charge in [-0.1, -0.05) is 0 Å². The number of likely N-dealkylation sites (tertiary alicyclic amines) is 1. The maximum atomic E-state index is 12.0. The van der Waals surface area contributed by atoms with Gasteiger partial charge in [0.05, 0.1) is 6.20 Å². The van der Waals surface area contributed by atoms with E-state index in [-0.39, 0.29) is 11.1 Å². The van der Waals surface area contributed by atoms with Crippen LogP contribution in [-0.4, -0.2) is 49.5 Å². The Labute approximate surface area is 101 Å². The summed E-state index contributed by atoms with van der Waals surface area (Å²) >= 11 is 0. The van der Waals surface area contributed by atoms with Crippen LogP contribution in [-0.2, 0) is 10.0 Å². The molecule has 6 nitrogen and oxygen atoms in total. The molecule has 1 fully saturated rings. The smallest absolute Gasteiger partial charge is 0.257 e. The predicted octanol–water partition coefficient (Wildman–Crippen LogP) is 0.0906. The van der Waals surface area contributed by atoms with Crippen LogP contribution in [0.15, 0.2) is 11.2 Å². The number of hydrogen-bond acceptors (Lipinski definition) is 4. The maximum absolute atomic E-state index is 12.0. The van der Waals surface area contributed by atoms with Crippen LogP contribution in [0.25, 0.3) is 0 Å². The quantitative estimate of drug-likeness (QED) is 0.805. The molecular weight excluding hydrogens is 240 g/mol. The third-order valence-corrected chi connectivity index (χ3v) is 4.35. The fraction of sp³-hybridized carbons (Fsp3) is 0.700. The molecule has 17 heavy (non-hydrogen) atoms. The lowest BCUT2D eigenvalue weighted by atomic mass is 10.1. The van der Waals surface area contributed by atoms with Gasteiger partial charge in [0.15, 0.2) is 5.03 Å². The molecule has 2 rings (SSSR count). The lowest BCUT2D eigenvalue weighted by Gasteiger charge is -2.29. The first-order valence-electron chi connectivity index (χ1n) is 5.70. The Hall–Kier alpha value is -0.920. The Bertz CT molecular complexity index is 482. The number of H-pyrrole nitrogens is 1. The van der Waals surface area contributed by atoms with Gasteiger partial charge in [0.25, 0.3) is 10.0 Å². The lowest BCUT2D eigenvalue weighted by Crippen LogP contribution is -2.46. The molecule has 1 aromatic rings. The number of piperidine rings is 1. The summed E-state index contributed by atoms with van der Waals surface area (Å²) in [7, 11) is -1.46. The average Bonchev–Trinajstić information content (AvgIpc) is 2.65. The van der Waals surface area contributed by atoms with Gasteiger partial charge in [-0.15, -0.1) is 0 Å². The van der Waals surface area contributed by atoms with Crippen LogP contribution in [0, 0.1) is 6.92 Å². The van der Waals surface area contributed by atoms with E-state index in [2.05, 4.69) is 19.6 Å². The first kappa shape index (κ1) is 12.5. The van der Waals surface area contributed by atoms with Crippen LogP contribution in [0.1, 0.15) is 18.7 Å². The molecule has 1 aromatic heterocycles. The van der Waals surface area contributed by atoms with Crippen molar-refractivity contribution >= 4 is 10.0 Å². The second-order valence-corrected chi connectivity index (χ2v) is 6.24. The van der Waals surface area contributed by atoms with Gasteiger partial charge < -0.3 is 9.88 Å². The number of aromatic nitrogens is 2. The number of likely N-dealkylation sites (N-methyl/N-ethyl adjacent to an activating group) is 1. The number of nitrogens with zero attached hydrogens (tertiary/aromatic N) is 2. The van der Waals surface area contributed by atoms with Gasteiger partial charge in [0, 0.05) is 12.6 Å². The van der Waals surface area contributed by atoms with Crippen molar-refractivity contribution in [3.05, 3.63) is 12.0 Å². The molecule has 0 bridgehead atoms. The van der Waals surface area contributed by atoms with Gasteiger partial charge >= 0.3 is 0 Å². The fourth-order valence-corrected chi connectivity index (χ4v) is 3.31. The number of aryl methyl sites for hydroxylation is 1. The van der Waals surface area contributed by atoms with Gasteiger partial charge in [-0.3, -0.25) is 0 Å². The van der Waals surface area contributed by atoms with Crippen LogP contribution < -0.4 is 4.72 Å². The van der Waals surface area contributed by atoms with Crippen molar-refractivity contribution in [3.63, 3.8) is 0 Å². The Morgan fingerprint density at radius 1 is 1.59 bits per heavy atom. The molecule has 2 heterocycles. The van der Waals surface area contributed by atoms with E-state index in [4.69, 9.17) is 0 Å². The van der Waals surface area contributed by atoms with Crippen molar-refractivity contribution in [2.45, 2.75) is 30.8 Å². The molecule has 1 aliphatic rings. The van der Waals surface area contributed by atoms with E-state index in [0.717, 1.165) is 25.9 Å². The van der Waals surface area contributed by atoms with E-state index in [1.165, 1.54) is 6.20 Å². The van der Waals surface area contributed by atoms with Crippen LogP contribution in [0.3, 0.4) is 0 Å². The summed E-state index contributed by atoms with van der Waals surface area (Å²) in [6.07, 6.45) is 3.26. The first-order valence-corrected chi connectivity index (χ1v) is 7.18. The zero-order valence-corrected chi connectivity index (χ0v) is 10.9. The predicted molar refractivity (Wildman–Crippen MR) is 64.2 cm³/mol. The van der Waals surface area contributed by atoms with E-state index in [1.807, 2.05) is 7.05 Å². The van der Waals surface area contributed by atoms with Gasteiger partial charge in [0.1, 0.15) is 5.82 Å². The van der Waals surface area contributed by atoms with Gasteiger partial charge in [-0.05, 0) is 33.4 Å². The van der Waals surface area contributed by atoms with Crippen molar-refractivity contribution in [3.8, 4) is 0 Å². The van der Waals surface area contributed by atoms with E-state index in [9.17, 15) is 8.42 Å². The molecule has 96 valence electrons. The maximum Gasteiger partial charge on any atom is 0.257 e. The number of nitrogens with one attached hydrogen (secondary N) is 2. The summed E-state index contributed by atoms with van der Waals surface area (Å²) in [5.41, 5.74) is 0. The van der Waals surface area contributed by atoms with Crippen LogP contribution in [0.5, 0.6) is 0 Å². The molecular formula is C10H18N4O2S. The van der Waals surface area contributed by atoms with E-state index in [0.29, 0.717) is 5.82 Å². The summed E-state index contributed by atoms with van der Waals surface area (Å²) in [6, 6.07) is -0.0117. The lowest BCUT2D eigenvalue weighted by molar-refractivity contribution is 0.242. The second kappa shape index (κ2) is 4.75. The van der Waals surface area contributed by atoms with E-state index >= 15 is 0 Å². The van der Waals surface area contributed by atoms with E-state index < -0.39 is 10.0 Å². The van der Waals surface area contributed by atoms with Gasteiger partial charge in [-0.2, -0.15) is 0 Å². The highest BCUT2D eigenvalue weighted by atomic mass is 32.2. The minimum absolute atomic E-state index is 0.0117. The molecule has 0 radical (unpaired) electrons. The number of hydrogen-bond donors (Lipinski definition) is 2. The molecule has 2 N–H and O–H groups in total. The number of sulfonamides is 1. The molecule has 1 atom stereocenters. The molecule has 1 saturated heterocycles. The Kier molecular flexibility index (Phi) is 3.50. The molecule has 0 aromatic carbocycles. The summed E-state index contributed by atoms with van der Waals surface area (Å²) in [4.78, 5) is 8.78. The fourth-order valence-electron chi connectivity index (χ4n) is 2.08. The molecule has 0 aliphatic carbocycles. The highest BCUT2D eigenvalue weighted by Gasteiger charge is 2.24. The first-order chi connectivity index (χ1) is 7.97. The average molecular weight is 258 g/mol. The SMILES string of the molecule is Cc1ncc(S(=O)(=O)NC2CCCN(C)C2)[nH]1.